The molecule has 0 saturated heterocycles. The molecule has 0 aromatic carbocycles. The number of phosphoric ester groups is 1. The van der Waals surface area contributed by atoms with Crippen molar-refractivity contribution < 1.29 is 43.0 Å². The molecule has 54 heavy (non-hydrogen) atoms. The minimum Gasteiger partial charge on any atom is -0.457 e. The van der Waals surface area contributed by atoms with Gasteiger partial charge in [-0.15, -0.1) is 0 Å². The van der Waals surface area contributed by atoms with Crippen molar-refractivity contribution >= 4 is 13.8 Å². The molecule has 0 spiro atoms. The highest BCUT2D eigenvalue weighted by atomic mass is 31.2. The maximum atomic E-state index is 12.5. The van der Waals surface area contributed by atoms with Crippen LogP contribution in [0, 0.1) is 0 Å². The summed E-state index contributed by atoms with van der Waals surface area (Å²) in [7, 11) is -4.56. The molecular weight excluding hydrogens is 703 g/mol. The van der Waals surface area contributed by atoms with E-state index in [-0.39, 0.29) is 13.0 Å². The van der Waals surface area contributed by atoms with Crippen molar-refractivity contribution in [2.24, 2.45) is 0 Å². The van der Waals surface area contributed by atoms with Crippen LogP contribution < -0.4 is 0 Å². The number of carbonyl (C=O) groups excluding carboxylic acids is 1. The fourth-order valence-corrected chi connectivity index (χ4v) is 5.05. The van der Waals surface area contributed by atoms with Crippen molar-refractivity contribution in [3.8, 4) is 0 Å². The van der Waals surface area contributed by atoms with Crippen molar-refractivity contribution in [3.63, 3.8) is 0 Å². The van der Waals surface area contributed by atoms with Crippen LogP contribution in [-0.2, 0) is 27.9 Å². The highest BCUT2D eigenvalue weighted by Gasteiger charge is 2.26. The first-order valence-corrected chi connectivity index (χ1v) is 21.0. The predicted octanol–water partition coefficient (Wildman–Crippen LogP) is 10.5. The van der Waals surface area contributed by atoms with Crippen LogP contribution in [0.1, 0.15) is 104 Å². The molecule has 0 saturated carbocycles. The Morgan fingerprint density at radius 2 is 0.963 bits per heavy atom. The van der Waals surface area contributed by atoms with E-state index in [1.807, 2.05) is 12.2 Å². The minimum absolute atomic E-state index is 0.0286. The van der Waals surface area contributed by atoms with Gasteiger partial charge in [0.2, 0.25) is 0 Å². The minimum atomic E-state index is -4.56. The van der Waals surface area contributed by atoms with E-state index in [4.69, 9.17) is 23.6 Å². The molecule has 0 bridgehead atoms. The predicted molar refractivity (Wildman–Crippen MR) is 223 cm³/mol. The largest absolute Gasteiger partial charge is 0.472 e. The van der Waals surface area contributed by atoms with Gasteiger partial charge in [-0.05, 0) is 83.5 Å². The lowest BCUT2D eigenvalue weighted by atomic mass is 10.2. The van der Waals surface area contributed by atoms with E-state index in [0.29, 0.717) is 13.0 Å². The zero-order valence-electron chi connectivity index (χ0n) is 32.9. The molecule has 3 unspecified atom stereocenters. The summed E-state index contributed by atoms with van der Waals surface area (Å²) in [4.78, 5) is 22.5. The van der Waals surface area contributed by atoms with Gasteiger partial charge in [-0.2, -0.15) is 0 Å². The second-order valence-electron chi connectivity index (χ2n) is 12.2. The Balaban J connectivity index is 4.48. The van der Waals surface area contributed by atoms with Gasteiger partial charge >= 0.3 is 13.8 Å². The molecule has 0 heterocycles. The maximum Gasteiger partial charge on any atom is 0.472 e. The average Bonchev–Trinajstić information content (AvgIpc) is 3.16. The van der Waals surface area contributed by atoms with Crippen LogP contribution in [0.3, 0.4) is 0 Å². The summed E-state index contributed by atoms with van der Waals surface area (Å²) in [6, 6.07) is 0. The van der Waals surface area contributed by atoms with E-state index in [1.165, 1.54) is 0 Å². The van der Waals surface area contributed by atoms with E-state index >= 15 is 0 Å². The number of hydrogen-bond acceptors (Lipinski definition) is 8. The van der Waals surface area contributed by atoms with Crippen LogP contribution in [0.15, 0.2) is 122 Å². The number of ether oxygens (including phenoxy) is 2. The van der Waals surface area contributed by atoms with Gasteiger partial charge in [0.25, 0.3) is 0 Å². The van der Waals surface area contributed by atoms with Crippen molar-refractivity contribution in [2.45, 2.75) is 116 Å². The lowest BCUT2D eigenvalue weighted by Gasteiger charge is -2.20. The van der Waals surface area contributed by atoms with E-state index in [2.05, 4.69) is 123 Å². The Kier molecular flexibility index (Phi) is 37.3. The fraction of sp³-hybridized carbons (Fsp3) is 0.523. The first-order chi connectivity index (χ1) is 26.3. The number of esters is 1. The van der Waals surface area contributed by atoms with Gasteiger partial charge in [0.1, 0.15) is 12.2 Å². The molecule has 3 N–H and O–H groups in total. The van der Waals surface area contributed by atoms with Gasteiger partial charge in [0, 0.05) is 13.0 Å². The number of allylic oxidation sites excluding steroid dienone is 20. The Morgan fingerprint density at radius 1 is 0.574 bits per heavy atom. The van der Waals surface area contributed by atoms with Gasteiger partial charge in [0.05, 0.1) is 26.4 Å². The highest BCUT2D eigenvalue weighted by molar-refractivity contribution is 7.47. The molecular formula is C44H69O9P. The first kappa shape index (κ1) is 50.9. The van der Waals surface area contributed by atoms with Crippen LogP contribution in [0.4, 0.5) is 0 Å². The quantitative estimate of drug-likeness (QED) is 0.0249. The van der Waals surface area contributed by atoms with Crippen LogP contribution >= 0.6 is 7.82 Å². The first-order valence-electron chi connectivity index (χ1n) is 19.5. The zero-order valence-corrected chi connectivity index (χ0v) is 33.8. The van der Waals surface area contributed by atoms with E-state index in [9.17, 15) is 19.4 Å². The molecule has 0 fully saturated rings. The summed E-state index contributed by atoms with van der Waals surface area (Å²) < 4.78 is 33.1. The number of phosphoric acid groups is 1. The van der Waals surface area contributed by atoms with E-state index in [0.717, 1.165) is 77.0 Å². The Bertz CT molecular complexity index is 1240. The molecule has 304 valence electrons. The van der Waals surface area contributed by atoms with Crippen LogP contribution in [0.5, 0.6) is 0 Å². The molecule has 9 nitrogen and oxygen atoms in total. The fourth-order valence-electron chi connectivity index (χ4n) is 4.26. The normalized spacial score (nSPS) is 15.4. The Hall–Kier alpha value is -3.14. The summed E-state index contributed by atoms with van der Waals surface area (Å²) >= 11 is 0. The summed E-state index contributed by atoms with van der Waals surface area (Å²) in [6.45, 7) is 2.97. The van der Waals surface area contributed by atoms with Crippen molar-refractivity contribution in [1.29, 1.82) is 0 Å². The Morgan fingerprint density at radius 3 is 1.39 bits per heavy atom. The smallest absolute Gasteiger partial charge is 0.457 e. The molecule has 0 aromatic heterocycles. The van der Waals surface area contributed by atoms with E-state index in [1.54, 1.807) is 0 Å². The third kappa shape index (κ3) is 38.6. The van der Waals surface area contributed by atoms with Crippen molar-refractivity contribution in [2.75, 3.05) is 33.0 Å². The second-order valence-corrected chi connectivity index (χ2v) is 13.6. The Labute approximate surface area is 326 Å². The molecule has 3 atom stereocenters. The molecule has 0 aliphatic carbocycles. The standard InChI is InChI=1S/C44H69O9P/c1-3-5-7-9-11-13-15-17-19-20-21-22-23-24-26-28-30-32-34-36-44(47)53-43(41-52-54(48,49)51-39-42(46)38-45)40-50-37-35-33-31-29-27-25-18-16-14-12-10-8-6-4-2/h5-8,11-14,17-19,21-22,24-26,29-32,42-43,45-46H,3-4,9-10,15-16,20,23,27-28,33-41H2,1-2H3,(H,48,49)/b7-5-,8-6-,13-11-,14-12-,19-17-,22-21-,25-18-,26-24-,31-29-,32-30-. The number of carbonyl (C=O) groups is 1. The summed E-state index contributed by atoms with van der Waals surface area (Å²) in [5, 5.41) is 18.3. The van der Waals surface area contributed by atoms with Gasteiger partial charge in [0.15, 0.2) is 0 Å². The molecule has 0 aromatic rings. The molecule has 10 heteroatoms. The number of unbranched alkanes of at least 4 members (excludes halogenated alkanes) is 1. The lowest BCUT2D eigenvalue weighted by Crippen LogP contribution is -2.28. The number of rotatable bonds is 35. The molecule has 0 amide bonds. The molecule has 0 rings (SSSR count). The topological polar surface area (TPSA) is 132 Å². The SMILES string of the molecule is CC/C=C\C/C=C\C/C=C\C/C=C\C/C=C\C/C=C\CCC(=O)OC(COCCC/C=C\C/C=C\C/C=C\C/C=C\CC)COP(=O)(O)OCC(O)CO. The number of aliphatic hydroxyl groups excluding tert-OH is 2. The van der Waals surface area contributed by atoms with Crippen LogP contribution in [0.2, 0.25) is 0 Å². The third-order valence-electron chi connectivity index (χ3n) is 7.16. The summed E-state index contributed by atoms with van der Waals surface area (Å²) in [5.41, 5.74) is 0. The zero-order chi connectivity index (χ0) is 39.6. The third-order valence-corrected chi connectivity index (χ3v) is 8.11. The summed E-state index contributed by atoms with van der Waals surface area (Å²) in [6.07, 6.45) is 51.9. The van der Waals surface area contributed by atoms with Gasteiger partial charge in [-0.3, -0.25) is 13.8 Å². The maximum absolute atomic E-state index is 12.5. The molecule has 0 aliphatic heterocycles. The van der Waals surface area contributed by atoms with Crippen molar-refractivity contribution in [3.05, 3.63) is 122 Å². The highest BCUT2D eigenvalue weighted by Crippen LogP contribution is 2.43. The average molecular weight is 773 g/mol. The van der Waals surface area contributed by atoms with Gasteiger partial charge in [-0.25, -0.2) is 4.57 Å². The second kappa shape index (κ2) is 39.6. The molecule has 0 radical (unpaired) electrons. The summed E-state index contributed by atoms with van der Waals surface area (Å²) in [5.74, 6) is -0.490. The number of hydrogen-bond donors (Lipinski definition) is 3. The van der Waals surface area contributed by atoms with Crippen LogP contribution in [0.25, 0.3) is 0 Å². The molecule has 0 aliphatic rings. The van der Waals surface area contributed by atoms with Crippen LogP contribution in [-0.4, -0.2) is 66.3 Å². The van der Waals surface area contributed by atoms with Gasteiger partial charge in [-0.1, -0.05) is 135 Å². The van der Waals surface area contributed by atoms with Crippen molar-refractivity contribution in [1.82, 2.24) is 0 Å². The number of aliphatic hydroxyl groups is 2. The van der Waals surface area contributed by atoms with E-state index < -0.39 is 45.8 Å². The van der Waals surface area contributed by atoms with Gasteiger partial charge < -0.3 is 24.6 Å². The monoisotopic (exact) mass is 772 g/mol. The lowest BCUT2D eigenvalue weighted by molar-refractivity contribution is -0.154.